The van der Waals surface area contributed by atoms with Crippen LogP contribution in [-0.4, -0.2) is 44.4 Å². The minimum Gasteiger partial charge on any atom is -0.391 e. The van der Waals surface area contributed by atoms with Gasteiger partial charge in [0.15, 0.2) is 0 Å². The van der Waals surface area contributed by atoms with Gasteiger partial charge in [-0.15, -0.1) is 0 Å². The van der Waals surface area contributed by atoms with Gasteiger partial charge >= 0.3 is 0 Å². The second-order valence-corrected chi connectivity index (χ2v) is 5.90. The lowest BCUT2D eigenvalue weighted by Gasteiger charge is -2.26. The maximum atomic E-state index is 12.6. The van der Waals surface area contributed by atoms with Crippen LogP contribution in [0.1, 0.15) is 17.5 Å². The summed E-state index contributed by atoms with van der Waals surface area (Å²) in [6.45, 7) is 0.623. The van der Waals surface area contributed by atoms with Crippen molar-refractivity contribution in [3.63, 3.8) is 0 Å². The van der Waals surface area contributed by atoms with Crippen molar-refractivity contribution in [2.24, 2.45) is 7.05 Å². The van der Waals surface area contributed by atoms with Gasteiger partial charge in [-0.1, -0.05) is 30.3 Å². The van der Waals surface area contributed by atoms with Crippen molar-refractivity contribution in [1.29, 1.82) is 0 Å². The zero-order valence-corrected chi connectivity index (χ0v) is 12.7. The molecule has 1 aromatic heterocycles. The van der Waals surface area contributed by atoms with Crippen LogP contribution in [0, 0.1) is 0 Å². The molecule has 1 aliphatic heterocycles. The standard InChI is InChI=1S/C17H21N3O2/c1-19-12-14(11-18-19)9-15-16(21)7-8-20(15)17(22)10-13-5-3-2-4-6-13/h2-6,11-12,15-16,21H,7-10H2,1H3/t15-,16+/m1/s1. The van der Waals surface area contributed by atoms with E-state index in [2.05, 4.69) is 5.10 Å². The Morgan fingerprint density at radius 2 is 2.09 bits per heavy atom. The average molecular weight is 299 g/mol. The third-order valence-corrected chi connectivity index (χ3v) is 4.23. The molecule has 116 valence electrons. The number of likely N-dealkylation sites (tertiary alicyclic amines) is 1. The number of aromatic nitrogens is 2. The zero-order chi connectivity index (χ0) is 15.5. The molecule has 0 saturated carbocycles. The van der Waals surface area contributed by atoms with E-state index in [-0.39, 0.29) is 11.9 Å². The lowest BCUT2D eigenvalue weighted by molar-refractivity contribution is -0.132. The van der Waals surface area contributed by atoms with Crippen molar-refractivity contribution in [3.8, 4) is 0 Å². The number of hydrogen-bond donors (Lipinski definition) is 1. The molecule has 0 spiro atoms. The van der Waals surface area contributed by atoms with Gasteiger partial charge in [-0.25, -0.2) is 0 Å². The van der Waals surface area contributed by atoms with Crippen LogP contribution in [0.4, 0.5) is 0 Å². The largest absolute Gasteiger partial charge is 0.391 e. The Labute approximate surface area is 130 Å². The van der Waals surface area contributed by atoms with E-state index >= 15 is 0 Å². The van der Waals surface area contributed by atoms with E-state index in [0.29, 0.717) is 25.8 Å². The Bertz CT molecular complexity index is 638. The number of aryl methyl sites for hydroxylation is 1. The number of nitrogens with zero attached hydrogens (tertiary/aromatic N) is 3. The Morgan fingerprint density at radius 3 is 2.77 bits per heavy atom. The molecule has 5 heteroatoms. The van der Waals surface area contributed by atoms with Crippen LogP contribution in [0.25, 0.3) is 0 Å². The highest BCUT2D eigenvalue weighted by Crippen LogP contribution is 2.22. The van der Waals surface area contributed by atoms with Crippen molar-refractivity contribution < 1.29 is 9.90 Å². The first-order chi connectivity index (χ1) is 10.6. The first-order valence-corrected chi connectivity index (χ1v) is 7.62. The monoisotopic (exact) mass is 299 g/mol. The second-order valence-electron chi connectivity index (χ2n) is 5.90. The summed E-state index contributed by atoms with van der Waals surface area (Å²) < 4.78 is 1.74. The lowest BCUT2D eigenvalue weighted by Crippen LogP contribution is -2.41. The lowest BCUT2D eigenvalue weighted by atomic mass is 10.0. The van der Waals surface area contributed by atoms with E-state index in [1.54, 1.807) is 10.9 Å². The maximum absolute atomic E-state index is 12.6. The molecule has 2 atom stereocenters. The van der Waals surface area contributed by atoms with Crippen LogP contribution in [0.5, 0.6) is 0 Å². The molecular formula is C17H21N3O2. The fraction of sp³-hybridized carbons (Fsp3) is 0.412. The molecule has 0 radical (unpaired) electrons. The second kappa shape index (κ2) is 6.32. The molecular weight excluding hydrogens is 278 g/mol. The Balaban J connectivity index is 1.69. The molecule has 3 rings (SSSR count). The highest BCUT2D eigenvalue weighted by molar-refractivity contribution is 5.79. The molecule has 1 fully saturated rings. The van der Waals surface area contributed by atoms with Gasteiger partial charge in [0.2, 0.25) is 5.91 Å². The number of rotatable bonds is 4. The predicted molar refractivity (Wildman–Crippen MR) is 83.2 cm³/mol. The number of amides is 1. The van der Waals surface area contributed by atoms with Gasteiger partial charge in [0, 0.05) is 19.8 Å². The van der Waals surface area contributed by atoms with Crippen molar-refractivity contribution in [3.05, 3.63) is 53.9 Å². The molecule has 0 bridgehead atoms. The minimum absolute atomic E-state index is 0.0802. The van der Waals surface area contributed by atoms with Gasteiger partial charge in [-0.05, 0) is 24.0 Å². The molecule has 1 N–H and O–H groups in total. The van der Waals surface area contributed by atoms with Crippen molar-refractivity contribution in [2.75, 3.05) is 6.54 Å². The van der Waals surface area contributed by atoms with Crippen molar-refractivity contribution in [1.82, 2.24) is 14.7 Å². The summed E-state index contributed by atoms with van der Waals surface area (Å²) in [6.07, 6.45) is 4.95. The SMILES string of the molecule is Cn1cc(C[C@@H]2[C@@H](O)CCN2C(=O)Cc2ccccc2)cn1. The molecule has 2 heterocycles. The van der Waals surface area contributed by atoms with Crippen LogP contribution in [0.2, 0.25) is 0 Å². The Morgan fingerprint density at radius 1 is 1.32 bits per heavy atom. The van der Waals surface area contributed by atoms with E-state index in [0.717, 1.165) is 11.1 Å². The molecule has 1 amide bonds. The smallest absolute Gasteiger partial charge is 0.227 e. The summed E-state index contributed by atoms with van der Waals surface area (Å²) in [5.74, 6) is 0.0802. The van der Waals surface area contributed by atoms with E-state index in [1.807, 2.05) is 48.5 Å². The van der Waals surface area contributed by atoms with E-state index < -0.39 is 6.10 Å². The van der Waals surface area contributed by atoms with Gasteiger partial charge in [-0.2, -0.15) is 5.10 Å². The number of hydrogen-bond acceptors (Lipinski definition) is 3. The number of aliphatic hydroxyl groups is 1. The fourth-order valence-electron chi connectivity index (χ4n) is 3.08. The number of aliphatic hydroxyl groups excluding tert-OH is 1. The number of benzene rings is 1. The zero-order valence-electron chi connectivity index (χ0n) is 12.7. The Hall–Kier alpha value is -2.14. The van der Waals surface area contributed by atoms with Crippen LogP contribution >= 0.6 is 0 Å². The minimum atomic E-state index is -0.458. The summed E-state index contributed by atoms with van der Waals surface area (Å²) in [5.41, 5.74) is 2.06. The van der Waals surface area contributed by atoms with Crippen molar-refractivity contribution in [2.45, 2.75) is 31.4 Å². The predicted octanol–water partition coefficient (Wildman–Crippen LogP) is 1.17. The topological polar surface area (TPSA) is 58.4 Å². The molecule has 1 aromatic carbocycles. The van der Waals surface area contributed by atoms with Crippen LogP contribution in [0.15, 0.2) is 42.7 Å². The maximum Gasteiger partial charge on any atom is 0.227 e. The summed E-state index contributed by atoms with van der Waals surface area (Å²) in [6, 6.07) is 9.59. The molecule has 1 saturated heterocycles. The molecule has 0 aliphatic carbocycles. The molecule has 0 unspecified atom stereocenters. The summed E-state index contributed by atoms with van der Waals surface area (Å²) in [7, 11) is 1.87. The quantitative estimate of drug-likeness (QED) is 0.922. The fourth-order valence-corrected chi connectivity index (χ4v) is 3.08. The average Bonchev–Trinajstić information content (AvgIpc) is 3.07. The van der Waals surface area contributed by atoms with Crippen molar-refractivity contribution >= 4 is 5.91 Å². The van der Waals surface area contributed by atoms with Gasteiger partial charge in [0.05, 0.1) is 24.8 Å². The van der Waals surface area contributed by atoms with Gasteiger partial charge < -0.3 is 10.0 Å². The first kappa shape index (κ1) is 14.8. The molecule has 22 heavy (non-hydrogen) atoms. The normalized spacial score (nSPS) is 21.3. The molecule has 2 aromatic rings. The van der Waals surface area contributed by atoms with E-state index in [1.165, 1.54) is 0 Å². The summed E-state index contributed by atoms with van der Waals surface area (Å²) in [4.78, 5) is 14.4. The Kier molecular flexibility index (Phi) is 4.24. The van der Waals surface area contributed by atoms with Gasteiger partial charge in [0.1, 0.15) is 0 Å². The highest BCUT2D eigenvalue weighted by Gasteiger charge is 2.35. The third-order valence-electron chi connectivity index (χ3n) is 4.23. The number of carbonyl (C=O) groups excluding carboxylic acids is 1. The molecule has 1 aliphatic rings. The highest BCUT2D eigenvalue weighted by atomic mass is 16.3. The van der Waals surface area contributed by atoms with Gasteiger partial charge in [-0.3, -0.25) is 9.48 Å². The number of carbonyl (C=O) groups is 1. The first-order valence-electron chi connectivity index (χ1n) is 7.62. The van der Waals surface area contributed by atoms with E-state index in [9.17, 15) is 9.90 Å². The van der Waals surface area contributed by atoms with Crippen LogP contribution < -0.4 is 0 Å². The summed E-state index contributed by atoms with van der Waals surface area (Å²) in [5, 5.41) is 14.4. The van der Waals surface area contributed by atoms with Gasteiger partial charge in [0.25, 0.3) is 0 Å². The summed E-state index contributed by atoms with van der Waals surface area (Å²) >= 11 is 0. The third kappa shape index (κ3) is 3.20. The van der Waals surface area contributed by atoms with Crippen LogP contribution in [0.3, 0.4) is 0 Å². The molecule has 5 nitrogen and oxygen atoms in total. The van der Waals surface area contributed by atoms with E-state index in [4.69, 9.17) is 0 Å². The van der Waals surface area contributed by atoms with Crippen LogP contribution in [-0.2, 0) is 24.7 Å².